The van der Waals surface area contributed by atoms with Gasteiger partial charge in [-0.15, -0.1) is 11.8 Å². The monoisotopic (exact) mass is 646 g/mol. The summed E-state index contributed by atoms with van der Waals surface area (Å²) >= 11 is 0.814. The molecule has 21 heteroatoms. The summed E-state index contributed by atoms with van der Waals surface area (Å²) in [4.78, 5) is 10.8. The van der Waals surface area contributed by atoms with Crippen LogP contribution in [0.25, 0.3) is 0 Å². The zero-order chi connectivity index (χ0) is 31.8. The highest BCUT2D eigenvalue weighted by molar-refractivity contribution is 8.00. The third kappa shape index (κ3) is 6.12. The van der Waals surface area contributed by atoms with Gasteiger partial charge in [-0.05, 0) is 30.7 Å². The van der Waals surface area contributed by atoms with E-state index in [4.69, 9.17) is 9.84 Å². The summed E-state index contributed by atoms with van der Waals surface area (Å²) in [6.45, 7) is -1.07. The summed E-state index contributed by atoms with van der Waals surface area (Å²) in [5.74, 6) is -58.2. The average Bonchev–Trinajstić information content (AvgIpc) is 2.79. The molecule has 1 rings (SSSR count). The van der Waals surface area contributed by atoms with Crippen LogP contribution in [0.15, 0.2) is 29.2 Å². The minimum Gasteiger partial charge on any atom is -0.494 e. The number of benzene rings is 1. The molecule has 1 N–H and O–H groups in total. The molecule has 0 bridgehead atoms. The second-order valence-corrected chi connectivity index (χ2v) is 8.80. The number of hydrogen-bond acceptors (Lipinski definition) is 3. The predicted molar refractivity (Wildman–Crippen MR) is 100 cm³/mol. The summed E-state index contributed by atoms with van der Waals surface area (Å²) in [5, 5.41) is 8.54. The third-order valence-electron chi connectivity index (χ3n) is 4.88. The summed E-state index contributed by atoms with van der Waals surface area (Å²) in [5.41, 5.74) is 0. The fraction of sp³-hybridized carbons (Fsp3) is 0.632. The van der Waals surface area contributed by atoms with Gasteiger partial charge in [0, 0.05) is 11.3 Å². The molecule has 0 fully saturated rings. The topological polar surface area (TPSA) is 46.5 Å². The smallest absolute Gasteiger partial charge is 0.460 e. The molecular weight excluding hydrogens is 633 g/mol. The van der Waals surface area contributed by atoms with E-state index in [9.17, 15) is 79.4 Å². The van der Waals surface area contributed by atoms with Crippen molar-refractivity contribution in [3.63, 3.8) is 0 Å². The van der Waals surface area contributed by atoms with E-state index in [1.165, 1.54) is 12.1 Å². The molecule has 232 valence electrons. The van der Waals surface area contributed by atoms with Crippen molar-refractivity contribution in [3.8, 4) is 5.75 Å². The van der Waals surface area contributed by atoms with Crippen LogP contribution in [0, 0.1) is 0 Å². The van der Waals surface area contributed by atoms with Crippen molar-refractivity contribution in [2.24, 2.45) is 0 Å². The molecule has 0 aromatic heterocycles. The van der Waals surface area contributed by atoms with Crippen LogP contribution in [0.1, 0.15) is 12.8 Å². The highest BCUT2D eigenvalue weighted by Gasteiger charge is 2.95. The van der Waals surface area contributed by atoms with Gasteiger partial charge in [0.05, 0.1) is 12.4 Å². The van der Waals surface area contributed by atoms with E-state index in [1.54, 1.807) is 0 Å². The first-order valence-corrected chi connectivity index (χ1v) is 10.9. The Labute approximate surface area is 215 Å². The van der Waals surface area contributed by atoms with Crippen molar-refractivity contribution in [1.82, 2.24) is 0 Å². The molecule has 3 nitrogen and oxygen atoms in total. The molecule has 0 unspecified atom stereocenters. The lowest BCUT2D eigenvalue weighted by Gasteiger charge is -2.42. The molecule has 0 aliphatic carbocycles. The van der Waals surface area contributed by atoms with E-state index in [0.29, 0.717) is 4.90 Å². The van der Waals surface area contributed by atoms with Gasteiger partial charge < -0.3 is 9.84 Å². The zero-order valence-corrected chi connectivity index (χ0v) is 19.6. The first kappa shape index (κ1) is 35.7. The molecule has 1 aromatic rings. The lowest BCUT2D eigenvalue weighted by molar-refractivity contribution is -0.461. The molecule has 0 saturated heterocycles. The summed E-state index contributed by atoms with van der Waals surface area (Å²) in [6, 6.07) is 4.63. The number of carboxylic acid groups (broad SMARTS) is 1. The second-order valence-electron chi connectivity index (χ2n) is 7.75. The Balaban J connectivity index is 3.09. The van der Waals surface area contributed by atoms with Crippen molar-refractivity contribution >= 4 is 17.7 Å². The van der Waals surface area contributed by atoms with Crippen LogP contribution in [0.5, 0.6) is 5.75 Å². The van der Waals surface area contributed by atoms with Gasteiger partial charge in [0.2, 0.25) is 0 Å². The highest BCUT2D eigenvalue weighted by Crippen LogP contribution is 2.64. The van der Waals surface area contributed by atoms with Crippen molar-refractivity contribution in [2.45, 2.75) is 65.4 Å². The fourth-order valence-electron chi connectivity index (χ4n) is 2.61. The molecule has 0 heterocycles. The largest absolute Gasteiger partial charge is 0.494 e. The van der Waals surface area contributed by atoms with Crippen molar-refractivity contribution in [1.29, 1.82) is 0 Å². The van der Waals surface area contributed by atoms with E-state index in [0.717, 1.165) is 23.9 Å². The van der Waals surface area contributed by atoms with E-state index in [1.807, 2.05) is 0 Å². The normalized spacial score (nSPS) is 14.8. The quantitative estimate of drug-likeness (QED) is 0.0963. The minimum absolute atomic E-state index is 0.209. The standard InChI is InChI=1S/C19H13F17O3S/c20-12(21,6-1-7-39-9-2-4-10(5-3-9)40-8-11(37)38)13(22,23)14(24,25)15(26,27)16(28,29)17(30,31)18(32,33)19(34,35)36/h2-5H,1,6-8H2,(H,37,38)/i8+1,11+1. The predicted octanol–water partition coefficient (Wildman–Crippen LogP) is 8.03. The van der Waals surface area contributed by atoms with Gasteiger partial charge in [-0.25, -0.2) is 0 Å². The van der Waals surface area contributed by atoms with Crippen molar-refractivity contribution in [3.05, 3.63) is 24.3 Å². The summed E-state index contributed by atoms with van der Waals surface area (Å²) < 4.78 is 230. The summed E-state index contributed by atoms with van der Waals surface area (Å²) in [6.07, 6.45) is -11.8. The van der Waals surface area contributed by atoms with Crippen LogP contribution >= 0.6 is 11.8 Å². The van der Waals surface area contributed by atoms with Gasteiger partial charge in [-0.1, -0.05) is 0 Å². The van der Waals surface area contributed by atoms with Crippen LogP contribution in [0.4, 0.5) is 74.6 Å². The van der Waals surface area contributed by atoms with Crippen molar-refractivity contribution < 1.29 is 89.3 Å². The molecule has 0 aliphatic rings. The van der Waals surface area contributed by atoms with Gasteiger partial charge >= 0.3 is 53.6 Å². The van der Waals surface area contributed by atoms with Crippen LogP contribution in [-0.2, 0) is 4.79 Å². The molecule has 1 aromatic carbocycles. The minimum atomic E-state index is -8.65. The maximum Gasteiger partial charge on any atom is 0.460 e. The Kier molecular flexibility index (Phi) is 9.94. The number of alkyl halides is 17. The Morgan fingerprint density at radius 2 is 1.05 bits per heavy atom. The zero-order valence-electron chi connectivity index (χ0n) is 18.7. The van der Waals surface area contributed by atoms with Crippen LogP contribution in [-0.4, -0.2) is 71.1 Å². The van der Waals surface area contributed by atoms with E-state index < -0.39 is 73.1 Å². The number of carbonyl (C=O) groups is 1. The maximum atomic E-state index is 13.8. The van der Waals surface area contributed by atoms with Crippen LogP contribution < -0.4 is 4.74 Å². The Hall–Kier alpha value is -2.35. The lowest BCUT2D eigenvalue weighted by atomic mass is 9.88. The number of thioether (sulfide) groups is 1. The highest BCUT2D eigenvalue weighted by atomic mass is 32.2. The average molecular weight is 646 g/mol. The van der Waals surface area contributed by atoms with Crippen LogP contribution in [0.3, 0.4) is 0 Å². The number of aliphatic carboxylic acids is 1. The third-order valence-corrected chi connectivity index (χ3v) is 5.87. The molecule has 0 spiro atoms. The molecule has 0 saturated carbocycles. The van der Waals surface area contributed by atoms with Gasteiger partial charge in [0.15, 0.2) is 0 Å². The van der Waals surface area contributed by atoms with Gasteiger partial charge in [-0.3, -0.25) is 4.79 Å². The maximum absolute atomic E-state index is 13.8. The van der Waals surface area contributed by atoms with E-state index >= 15 is 0 Å². The molecule has 0 radical (unpaired) electrons. The van der Waals surface area contributed by atoms with Gasteiger partial charge in [-0.2, -0.15) is 74.6 Å². The fourth-order valence-corrected chi connectivity index (χ4v) is 3.23. The van der Waals surface area contributed by atoms with Gasteiger partial charge in [0.1, 0.15) is 5.75 Å². The Bertz CT molecular complexity index is 1020. The first-order chi connectivity index (χ1) is 17.6. The number of carboxylic acids is 1. The Morgan fingerprint density at radius 3 is 1.45 bits per heavy atom. The first-order valence-electron chi connectivity index (χ1n) is 9.90. The van der Waals surface area contributed by atoms with Crippen molar-refractivity contribution in [2.75, 3.05) is 12.4 Å². The van der Waals surface area contributed by atoms with Gasteiger partial charge in [0.25, 0.3) is 0 Å². The number of halogens is 17. The number of rotatable bonds is 14. The lowest BCUT2D eigenvalue weighted by Crippen LogP contribution is -2.74. The number of hydrogen-bond donors (Lipinski definition) is 1. The molecule has 40 heavy (non-hydrogen) atoms. The van der Waals surface area contributed by atoms with E-state index in [2.05, 4.69) is 0 Å². The Morgan fingerprint density at radius 1 is 0.650 bits per heavy atom. The molecule has 0 aliphatic heterocycles. The van der Waals surface area contributed by atoms with Crippen LogP contribution in [0.2, 0.25) is 0 Å². The summed E-state index contributed by atoms with van der Waals surface area (Å²) in [7, 11) is 0. The SMILES string of the molecule is O=[13C](O)[13CH2]Sc1ccc(OCCCC(F)(F)C(F)(F)C(F)(F)C(F)(F)C(F)(F)C(F)(F)C(F)(F)C(F)(F)F)cc1. The van der Waals surface area contributed by atoms with E-state index in [-0.39, 0.29) is 11.5 Å². The number of ether oxygens (including phenoxy) is 1. The molecule has 0 atom stereocenters. The molecule has 0 amide bonds. The second kappa shape index (κ2) is 11.1. The molecular formula is C19H13F17O3S.